The van der Waals surface area contributed by atoms with E-state index in [1.54, 1.807) is 9.58 Å². The Labute approximate surface area is 194 Å². The number of carbonyl (C=O) groups is 1. The summed E-state index contributed by atoms with van der Waals surface area (Å²) in [6.45, 7) is 1.83. The first-order valence-corrected chi connectivity index (χ1v) is 10.6. The van der Waals surface area contributed by atoms with Gasteiger partial charge in [0, 0.05) is 11.8 Å². The zero-order valence-electron chi connectivity index (χ0n) is 18.2. The molecule has 9 heteroatoms. The fourth-order valence-corrected chi connectivity index (χ4v) is 3.95. The van der Waals surface area contributed by atoms with Crippen LogP contribution < -0.4 is 10.2 Å². The fourth-order valence-electron chi connectivity index (χ4n) is 3.95. The molecule has 1 unspecified atom stereocenters. The number of anilines is 2. The summed E-state index contributed by atoms with van der Waals surface area (Å²) >= 11 is 0. The van der Waals surface area contributed by atoms with Crippen molar-refractivity contribution in [1.29, 1.82) is 0 Å². The molecule has 1 aromatic heterocycles. The maximum absolute atomic E-state index is 13.6. The molecule has 5 rings (SSSR count). The van der Waals surface area contributed by atoms with Gasteiger partial charge in [-0.2, -0.15) is 4.68 Å². The highest BCUT2D eigenvalue weighted by Gasteiger charge is 2.31. The lowest BCUT2D eigenvalue weighted by Gasteiger charge is -2.32. The summed E-state index contributed by atoms with van der Waals surface area (Å²) in [5, 5.41) is 14.7. The number of nitrogens with zero attached hydrogens (tertiary/aromatic N) is 5. The molecular weight excluding hydrogens is 438 g/mol. The van der Waals surface area contributed by atoms with E-state index in [-0.39, 0.29) is 18.3 Å². The zero-order chi connectivity index (χ0) is 23.7. The van der Waals surface area contributed by atoms with Crippen molar-refractivity contribution in [3.63, 3.8) is 0 Å². The average Bonchev–Trinajstić information content (AvgIpc) is 3.30. The van der Waals surface area contributed by atoms with Crippen LogP contribution in [0.2, 0.25) is 0 Å². The van der Waals surface area contributed by atoms with Crippen LogP contribution in [0.3, 0.4) is 0 Å². The zero-order valence-corrected chi connectivity index (χ0v) is 18.2. The number of aromatic nitrogens is 4. The quantitative estimate of drug-likeness (QED) is 0.481. The van der Waals surface area contributed by atoms with E-state index in [1.807, 2.05) is 67.6 Å². The molecule has 0 saturated carbocycles. The molecule has 2 heterocycles. The van der Waals surface area contributed by atoms with Crippen LogP contribution in [-0.4, -0.2) is 32.7 Å². The number of rotatable bonds is 5. The van der Waals surface area contributed by atoms with Gasteiger partial charge in [-0.15, -0.1) is 0 Å². The SMILES string of the molecule is Cc1ccc(C2=CC(c3ccccc3)n3nnnc3N2CC(=O)Nc2cc(F)cc(F)c2)cc1. The number of halogens is 2. The van der Waals surface area contributed by atoms with Crippen LogP contribution in [0.4, 0.5) is 20.4 Å². The van der Waals surface area contributed by atoms with Gasteiger partial charge >= 0.3 is 0 Å². The van der Waals surface area contributed by atoms with Gasteiger partial charge in [-0.25, -0.2) is 8.78 Å². The fraction of sp³-hybridized carbons (Fsp3) is 0.120. The highest BCUT2D eigenvalue weighted by Crippen LogP contribution is 2.36. The Balaban J connectivity index is 1.53. The van der Waals surface area contributed by atoms with Gasteiger partial charge in [-0.05, 0) is 46.7 Å². The second-order valence-electron chi connectivity index (χ2n) is 7.99. The second-order valence-corrected chi connectivity index (χ2v) is 7.99. The van der Waals surface area contributed by atoms with Gasteiger partial charge in [-0.3, -0.25) is 9.69 Å². The van der Waals surface area contributed by atoms with Gasteiger partial charge in [-0.1, -0.05) is 65.3 Å². The number of amides is 1. The van der Waals surface area contributed by atoms with Crippen LogP contribution in [-0.2, 0) is 4.79 Å². The minimum Gasteiger partial charge on any atom is -0.324 e. The first-order valence-electron chi connectivity index (χ1n) is 10.6. The molecule has 0 spiro atoms. The molecular formula is C25H20F2N6O. The van der Waals surface area contributed by atoms with Crippen LogP contribution in [0.25, 0.3) is 5.70 Å². The van der Waals surface area contributed by atoms with E-state index in [9.17, 15) is 13.6 Å². The van der Waals surface area contributed by atoms with Crippen molar-refractivity contribution < 1.29 is 13.6 Å². The van der Waals surface area contributed by atoms with E-state index in [4.69, 9.17) is 0 Å². The lowest BCUT2D eigenvalue weighted by molar-refractivity contribution is -0.114. The van der Waals surface area contributed by atoms with Crippen LogP contribution in [0.15, 0.2) is 78.9 Å². The molecule has 1 aliphatic heterocycles. The predicted octanol–water partition coefficient (Wildman–Crippen LogP) is 4.35. The third kappa shape index (κ3) is 4.27. The van der Waals surface area contributed by atoms with Crippen LogP contribution in [0.5, 0.6) is 0 Å². The molecule has 0 saturated heterocycles. The first kappa shape index (κ1) is 21.4. The highest BCUT2D eigenvalue weighted by molar-refractivity contribution is 5.97. The van der Waals surface area contributed by atoms with Gasteiger partial charge in [0.15, 0.2) is 0 Å². The molecule has 1 atom stereocenters. The monoisotopic (exact) mass is 458 g/mol. The number of hydrogen-bond donors (Lipinski definition) is 1. The Hall–Kier alpha value is -4.40. The molecule has 170 valence electrons. The minimum atomic E-state index is -0.775. The van der Waals surface area contributed by atoms with E-state index >= 15 is 0 Å². The van der Waals surface area contributed by atoms with Crippen molar-refractivity contribution >= 4 is 23.2 Å². The number of carbonyl (C=O) groups excluding carboxylic acids is 1. The van der Waals surface area contributed by atoms with Crippen molar-refractivity contribution in [2.24, 2.45) is 0 Å². The Morgan fingerprint density at radius 2 is 1.71 bits per heavy atom. The summed E-state index contributed by atoms with van der Waals surface area (Å²) in [5.41, 5.74) is 3.74. The summed E-state index contributed by atoms with van der Waals surface area (Å²) in [4.78, 5) is 14.6. The lowest BCUT2D eigenvalue weighted by Crippen LogP contribution is -2.37. The number of hydrogen-bond acceptors (Lipinski definition) is 5. The molecule has 0 bridgehead atoms. The number of aryl methyl sites for hydroxylation is 1. The molecule has 4 aromatic rings. The minimum absolute atomic E-state index is 0.0297. The molecule has 0 fully saturated rings. The molecule has 7 nitrogen and oxygen atoms in total. The Morgan fingerprint density at radius 3 is 2.41 bits per heavy atom. The molecule has 0 radical (unpaired) electrons. The van der Waals surface area contributed by atoms with Crippen LogP contribution >= 0.6 is 0 Å². The molecule has 1 amide bonds. The summed E-state index contributed by atoms with van der Waals surface area (Å²) < 4.78 is 28.8. The predicted molar refractivity (Wildman–Crippen MR) is 124 cm³/mol. The van der Waals surface area contributed by atoms with Crippen LogP contribution in [0, 0.1) is 18.6 Å². The van der Waals surface area contributed by atoms with Crippen molar-refractivity contribution in [2.45, 2.75) is 13.0 Å². The summed E-state index contributed by atoms with van der Waals surface area (Å²) in [7, 11) is 0. The van der Waals surface area contributed by atoms with Crippen molar-refractivity contribution in [3.05, 3.63) is 107 Å². The number of fused-ring (bicyclic) bond motifs is 1. The number of tetrazole rings is 1. The van der Waals surface area contributed by atoms with Gasteiger partial charge in [0.2, 0.25) is 5.91 Å². The average molecular weight is 458 g/mol. The standard InChI is InChI=1S/C25H20F2N6O/c1-16-7-9-18(10-8-16)22-14-23(17-5-3-2-4-6-17)33-25(29-30-31-33)32(22)15-24(34)28-21-12-19(26)11-20(27)13-21/h2-14,23H,15H2,1H3,(H,28,34). The van der Waals surface area contributed by atoms with E-state index in [2.05, 4.69) is 20.8 Å². The summed E-state index contributed by atoms with van der Waals surface area (Å²) in [5.74, 6) is -1.64. The molecule has 34 heavy (non-hydrogen) atoms. The first-order chi connectivity index (χ1) is 16.5. The van der Waals surface area contributed by atoms with Gasteiger partial charge < -0.3 is 5.32 Å². The smallest absolute Gasteiger partial charge is 0.251 e. The largest absolute Gasteiger partial charge is 0.324 e. The Bertz CT molecular complexity index is 1350. The molecule has 1 N–H and O–H groups in total. The maximum atomic E-state index is 13.6. The normalized spacial score (nSPS) is 15.0. The molecule has 3 aromatic carbocycles. The number of benzene rings is 3. The van der Waals surface area contributed by atoms with Crippen molar-refractivity contribution in [2.75, 3.05) is 16.8 Å². The van der Waals surface area contributed by atoms with E-state index in [0.717, 1.165) is 40.6 Å². The highest BCUT2D eigenvalue weighted by atomic mass is 19.1. The Kier molecular flexibility index (Phi) is 5.59. The maximum Gasteiger partial charge on any atom is 0.251 e. The van der Waals surface area contributed by atoms with Gasteiger partial charge in [0.1, 0.15) is 24.2 Å². The van der Waals surface area contributed by atoms with Gasteiger partial charge in [0.25, 0.3) is 5.95 Å². The van der Waals surface area contributed by atoms with E-state index in [1.165, 1.54) is 0 Å². The van der Waals surface area contributed by atoms with E-state index < -0.39 is 17.5 Å². The topological polar surface area (TPSA) is 75.9 Å². The summed E-state index contributed by atoms with van der Waals surface area (Å²) in [6.07, 6.45) is 2.00. The molecule has 1 aliphatic rings. The van der Waals surface area contributed by atoms with Crippen molar-refractivity contribution in [3.8, 4) is 0 Å². The Morgan fingerprint density at radius 1 is 1.00 bits per heavy atom. The third-order valence-corrected chi connectivity index (χ3v) is 5.52. The van der Waals surface area contributed by atoms with Crippen molar-refractivity contribution in [1.82, 2.24) is 20.2 Å². The number of nitrogens with one attached hydrogen (secondary N) is 1. The lowest BCUT2D eigenvalue weighted by atomic mass is 10.00. The number of allylic oxidation sites excluding steroid dienone is 1. The van der Waals surface area contributed by atoms with E-state index in [0.29, 0.717) is 5.95 Å². The summed E-state index contributed by atoms with van der Waals surface area (Å²) in [6, 6.07) is 20.3. The second kappa shape index (κ2) is 8.86. The third-order valence-electron chi connectivity index (χ3n) is 5.52. The van der Waals surface area contributed by atoms with Gasteiger partial charge in [0.05, 0.1) is 5.70 Å². The molecule has 0 aliphatic carbocycles. The van der Waals surface area contributed by atoms with Crippen LogP contribution in [0.1, 0.15) is 22.7 Å².